The average molecular weight is 319 g/mol. The third-order valence-corrected chi connectivity index (χ3v) is 4.24. The van der Waals surface area contributed by atoms with Gasteiger partial charge in [0, 0.05) is 17.6 Å². The highest BCUT2D eigenvalue weighted by Crippen LogP contribution is 2.25. The molecule has 0 amide bonds. The van der Waals surface area contributed by atoms with E-state index in [2.05, 4.69) is 20.8 Å². The zero-order valence-corrected chi connectivity index (χ0v) is 11.5. The third-order valence-electron chi connectivity index (χ3n) is 3.01. The van der Waals surface area contributed by atoms with Crippen molar-refractivity contribution in [1.82, 2.24) is 4.90 Å². The summed E-state index contributed by atoms with van der Waals surface area (Å²) in [5.41, 5.74) is 1.12. The molecule has 1 atom stereocenters. The van der Waals surface area contributed by atoms with Crippen molar-refractivity contribution >= 4 is 33.5 Å². The van der Waals surface area contributed by atoms with E-state index in [1.807, 2.05) is 18.2 Å². The molecule has 0 spiro atoms. The van der Waals surface area contributed by atoms with Gasteiger partial charge in [-0.2, -0.15) is 0 Å². The number of hydrogen-bond donors (Lipinski definition) is 1. The Morgan fingerprint density at radius 2 is 2.35 bits per heavy atom. The van der Waals surface area contributed by atoms with Crippen molar-refractivity contribution in [2.75, 3.05) is 13.1 Å². The fourth-order valence-electron chi connectivity index (χ4n) is 2.07. The van der Waals surface area contributed by atoms with Crippen LogP contribution in [-0.4, -0.2) is 29.1 Å². The number of hydrogen-bond acceptors (Lipinski definition) is 2. The van der Waals surface area contributed by atoms with Crippen LogP contribution in [0.4, 0.5) is 0 Å². The van der Waals surface area contributed by atoms with Crippen molar-refractivity contribution in [3.63, 3.8) is 0 Å². The number of carbonyl (C=O) groups is 1. The van der Waals surface area contributed by atoms with E-state index in [0.717, 1.165) is 29.5 Å². The molecule has 3 nitrogen and oxygen atoms in total. The Balaban J connectivity index is 1.98. The molecular formula is C12H13BrClNO2. The van der Waals surface area contributed by atoms with E-state index in [9.17, 15) is 4.79 Å². The molecule has 17 heavy (non-hydrogen) atoms. The van der Waals surface area contributed by atoms with Gasteiger partial charge in [0.2, 0.25) is 0 Å². The first-order valence-electron chi connectivity index (χ1n) is 5.45. The van der Waals surface area contributed by atoms with Crippen molar-refractivity contribution < 1.29 is 9.90 Å². The Morgan fingerprint density at radius 3 is 2.94 bits per heavy atom. The van der Waals surface area contributed by atoms with Gasteiger partial charge in [0.1, 0.15) is 0 Å². The highest BCUT2D eigenvalue weighted by molar-refractivity contribution is 9.10. The molecule has 1 N–H and O–H groups in total. The zero-order chi connectivity index (χ0) is 12.4. The van der Waals surface area contributed by atoms with Crippen LogP contribution in [0.1, 0.15) is 12.0 Å². The highest BCUT2D eigenvalue weighted by atomic mass is 79.9. The molecule has 92 valence electrons. The smallest absolute Gasteiger partial charge is 0.307 e. The molecule has 1 saturated heterocycles. The molecule has 5 heteroatoms. The van der Waals surface area contributed by atoms with Gasteiger partial charge in [-0.1, -0.05) is 17.7 Å². The monoisotopic (exact) mass is 317 g/mol. The SMILES string of the molecule is O=C(O)C1CCN(Cc2ccc(Br)c(Cl)c2)C1. The molecule has 1 unspecified atom stereocenters. The van der Waals surface area contributed by atoms with Gasteiger partial charge in [-0.05, 0) is 46.6 Å². The van der Waals surface area contributed by atoms with Crippen molar-refractivity contribution in [3.8, 4) is 0 Å². The van der Waals surface area contributed by atoms with E-state index in [1.54, 1.807) is 0 Å². The normalized spacial score (nSPS) is 20.7. The van der Waals surface area contributed by atoms with E-state index < -0.39 is 5.97 Å². The largest absolute Gasteiger partial charge is 0.481 e. The Morgan fingerprint density at radius 1 is 1.59 bits per heavy atom. The Labute approximate surface area is 114 Å². The lowest BCUT2D eigenvalue weighted by atomic mass is 10.1. The topological polar surface area (TPSA) is 40.5 Å². The number of aliphatic carboxylic acids is 1. The second-order valence-electron chi connectivity index (χ2n) is 4.31. The molecule has 0 saturated carbocycles. The van der Waals surface area contributed by atoms with Gasteiger partial charge in [0.05, 0.1) is 10.9 Å². The lowest BCUT2D eigenvalue weighted by molar-refractivity contribution is -0.141. The molecule has 0 aliphatic carbocycles. The van der Waals surface area contributed by atoms with Gasteiger partial charge in [-0.25, -0.2) is 0 Å². The maximum Gasteiger partial charge on any atom is 0.307 e. The average Bonchev–Trinajstić information content (AvgIpc) is 2.72. The lowest BCUT2D eigenvalue weighted by Crippen LogP contribution is -2.22. The molecule has 0 radical (unpaired) electrons. The van der Waals surface area contributed by atoms with Crippen LogP contribution < -0.4 is 0 Å². The predicted molar refractivity (Wildman–Crippen MR) is 70.2 cm³/mol. The summed E-state index contributed by atoms with van der Waals surface area (Å²) in [7, 11) is 0. The molecule has 1 aliphatic rings. The van der Waals surface area contributed by atoms with E-state index in [-0.39, 0.29) is 5.92 Å². The number of carboxylic acids is 1. The molecule has 1 heterocycles. The Hall–Kier alpha value is -0.580. The first-order valence-corrected chi connectivity index (χ1v) is 6.62. The number of rotatable bonds is 3. The number of carboxylic acid groups (broad SMARTS) is 1. The molecule has 1 fully saturated rings. The quantitative estimate of drug-likeness (QED) is 0.931. The molecule has 1 aromatic rings. The number of likely N-dealkylation sites (tertiary alicyclic amines) is 1. The van der Waals surface area contributed by atoms with Gasteiger partial charge < -0.3 is 5.11 Å². The van der Waals surface area contributed by atoms with Gasteiger partial charge in [0.15, 0.2) is 0 Å². The summed E-state index contributed by atoms with van der Waals surface area (Å²) in [5, 5.41) is 9.61. The van der Waals surface area contributed by atoms with Crippen LogP contribution >= 0.6 is 27.5 Å². The minimum absolute atomic E-state index is 0.221. The maximum atomic E-state index is 10.8. The highest BCUT2D eigenvalue weighted by Gasteiger charge is 2.27. The minimum atomic E-state index is -0.693. The van der Waals surface area contributed by atoms with Gasteiger partial charge in [-0.3, -0.25) is 9.69 Å². The Bertz CT molecular complexity index is 439. The van der Waals surface area contributed by atoms with Crippen LogP contribution in [0.5, 0.6) is 0 Å². The van der Waals surface area contributed by atoms with Gasteiger partial charge in [-0.15, -0.1) is 0 Å². The summed E-state index contributed by atoms with van der Waals surface area (Å²) >= 11 is 9.37. The van der Waals surface area contributed by atoms with Crippen LogP contribution in [0.15, 0.2) is 22.7 Å². The number of nitrogens with zero attached hydrogens (tertiary/aromatic N) is 1. The predicted octanol–water partition coefficient (Wildman–Crippen LogP) is 3.01. The second-order valence-corrected chi connectivity index (χ2v) is 5.57. The molecule has 1 aromatic carbocycles. The standard InChI is InChI=1S/C12H13BrClNO2/c13-10-2-1-8(5-11(10)14)6-15-4-3-9(7-15)12(16)17/h1-2,5,9H,3-4,6-7H2,(H,16,17). The summed E-state index contributed by atoms with van der Waals surface area (Å²) in [5.74, 6) is -0.915. The van der Waals surface area contributed by atoms with Crippen LogP contribution in [0.3, 0.4) is 0 Å². The van der Waals surface area contributed by atoms with E-state index in [0.29, 0.717) is 11.6 Å². The van der Waals surface area contributed by atoms with E-state index in [4.69, 9.17) is 16.7 Å². The maximum absolute atomic E-state index is 10.8. The lowest BCUT2D eigenvalue weighted by Gasteiger charge is -2.15. The molecule has 1 aliphatic heterocycles. The van der Waals surface area contributed by atoms with Crippen molar-refractivity contribution in [3.05, 3.63) is 33.3 Å². The summed E-state index contributed by atoms with van der Waals surface area (Å²) < 4.78 is 0.882. The van der Waals surface area contributed by atoms with Crippen molar-refractivity contribution in [2.24, 2.45) is 5.92 Å². The third kappa shape index (κ3) is 3.21. The van der Waals surface area contributed by atoms with E-state index in [1.165, 1.54) is 0 Å². The molecule has 0 bridgehead atoms. The van der Waals surface area contributed by atoms with Crippen molar-refractivity contribution in [2.45, 2.75) is 13.0 Å². The van der Waals surface area contributed by atoms with E-state index >= 15 is 0 Å². The number of halogens is 2. The van der Waals surface area contributed by atoms with Crippen LogP contribution in [-0.2, 0) is 11.3 Å². The van der Waals surface area contributed by atoms with Gasteiger partial charge >= 0.3 is 5.97 Å². The summed E-state index contributed by atoms with van der Waals surface area (Å²) in [4.78, 5) is 13.0. The van der Waals surface area contributed by atoms with Crippen molar-refractivity contribution in [1.29, 1.82) is 0 Å². The summed E-state index contributed by atoms with van der Waals surface area (Å²) in [6.45, 7) is 2.23. The first kappa shape index (κ1) is 12.9. The van der Waals surface area contributed by atoms with Crippen LogP contribution in [0.2, 0.25) is 5.02 Å². The number of benzene rings is 1. The van der Waals surface area contributed by atoms with Crippen LogP contribution in [0.25, 0.3) is 0 Å². The molecule has 0 aromatic heterocycles. The molecule has 2 rings (SSSR count). The fourth-order valence-corrected chi connectivity index (χ4v) is 2.52. The fraction of sp³-hybridized carbons (Fsp3) is 0.417. The summed E-state index contributed by atoms with van der Waals surface area (Å²) in [6.07, 6.45) is 0.736. The molecular weight excluding hydrogens is 305 g/mol. The second kappa shape index (κ2) is 5.38. The Kier molecular flexibility index (Phi) is 4.07. The minimum Gasteiger partial charge on any atom is -0.481 e. The van der Waals surface area contributed by atoms with Crippen LogP contribution in [0, 0.1) is 5.92 Å². The first-order chi connectivity index (χ1) is 8.06. The zero-order valence-electron chi connectivity index (χ0n) is 9.20. The van der Waals surface area contributed by atoms with Gasteiger partial charge in [0.25, 0.3) is 0 Å². The summed E-state index contributed by atoms with van der Waals surface area (Å²) in [6, 6.07) is 5.84.